The summed E-state index contributed by atoms with van der Waals surface area (Å²) in [6.07, 6.45) is 7.83. The van der Waals surface area contributed by atoms with Crippen LogP contribution in [-0.4, -0.2) is 10.8 Å². The zero-order valence-electron chi connectivity index (χ0n) is 14.3. The minimum atomic E-state index is -0.357. The zero-order chi connectivity index (χ0) is 17.6. The minimum absolute atomic E-state index is 0.156. The Kier molecular flexibility index (Phi) is 3.85. The van der Waals surface area contributed by atoms with E-state index in [2.05, 4.69) is 24.4 Å². The van der Waals surface area contributed by atoms with Crippen LogP contribution in [0.3, 0.4) is 0 Å². The van der Waals surface area contributed by atoms with Crippen molar-refractivity contribution in [2.45, 2.75) is 50.9 Å². The largest absolute Gasteiger partial charge is 0.325 e. The third-order valence-electron chi connectivity index (χ3n) is 5.83. The van der Waals surface area contributed by atoms with E-state index in [-0.39, 0.29) is 11.3 Å². The molecule has 1 aliphatic heterocycles. The van der Waals surface area contributed by atoms with Crippen molar-refractivity contribution >= 4 is 34.3 Å². The van der Waals surface area contributed by atoms with Gasteiger partial charge in [0, 0.05) is 17.0 Å². The van der Waals surface area contributed by atoms with Crippen molar-refractivity contribution in [1.82, 2.24) is 0 Å². The number of hydrogen-bond donors (Lipinski definition) is 1. The van der Waals surface area contributed by atoms with E-state index in [4.69, 9.17) is 12.2 Å². The Labute approximate surface area is 153 Å². The van der Waals surface area contributed by atoms with E-state index in [0.717, 1.165) is 48.1 Å². The summed E-state index contributed by atoms with van der Waals surface area (Å²) in [4.78, 5) is 13.4. The first-order chi connectivity index (χ1) is 12.0. The summed E-state index contributed by atoms with van der Waals surface area (Å²) in [5.41, 5.74) is 5.63. The molecule has 1 saturated carbocycles. The maximum Gasteiger partial charge on any atom is 0.235 e. The molecule has 0 bridgehead atoms. The highest BCUT2D eigenvalue weighted by Crippen LogP contribution is 2.48. The number of anilines is 1. The zero-order valence-corrected chi connectivity index (χ0v) is 15.1. The fourth-order valence-corrected chi connectivity index (χ4v) is 4.76. The first-order valence-corrected chi connectivity index (χ1v) is 9.27. The lowest BCUT2D eigenvalue weighted by Gasteiger charge is -2.31. The summed E-state index contributed by atoms with van der Waals surface area (Å²) < 4.78 is 0. The third-order valence-corrected chi connectivity index (χ3v) is 6.20. The molecule has 0 aromatic heterocycles. The minimum Gasteiger partial charge on any atom is -0.325 e. The number of carbonyl (C=O) groups excluding carboxylic acids is 1. The molecule has 2 aliphatic carbocycles. The van der Waals surface area contributed by atoms with Gasteiger partial charge in [0.1, 0.15) is 6.07 Å². The Morgan fingerprint density at radius 2 is 2.00 bits per heavy atom. The van der Waals surface area contributed by atoms with Crippen LogP contribution >= 0.6 is 12.2 Å². The number of nitrogens with one attached hydrogen (secondary N) is 1. The van der Waals surface area contributed by atoms with Crippen molar-refractivity contribution in [3.63, 3.8) is 0 Å². The maximum atomic E-state index is 12.7. The Balaban J connectivity index is 1.82. The quantitative estimate of drug-likeness (QED) is 0.739. The molecule has 1 N–H and O–H groups in total. The van der Waals surface area contributed by atoms with Crippen LogP contribution in [0.1, 0.15) is 56.6 Å². The fraction of sp³-hybridized carbons (Fsp3) is 0.381. The van der Waals surface area contributed by atoms with Crippen molar-refractivity contribution in [1.29, 1.82) is 5.26 Å². The van der Waals surface area contributed by atoms with Gasteiger partial charge < -0.3 is 5.32 Å². The molecule has 25 heavy (non-hydrogen) atoms. The molecule has 1 aromatic carbocycles. The number of hydrogen-bond acceptors (Lipinski definition) is 3. The molecule has 4 heteroatoms. The van der Waals surface area contributed by atoms with Gasteiger partial charge in [0.2, 0.25) is 5.91 Å². The number of amides is 1. The molecule has 126 valence electrons. The highest BCUT2D eigenvalue weighted by atomic mass is 32.1. The SMILES string of the molecule is CC1=C(c2ccc3c(c2)C2(CCCCC2)C(=O)N3)C=C(C#N)C(=S)C1. The average Bonchev–Trinajstić information content (AvgIpc) is 2.87. The van der Waals surface area contributed by atoms with Crippen LogP contribution in [0.2, 0.25) is 0 Å². The molecule has 1 fully saturated rings. The molecule has 0 unspecified atom stereocenters. The summed E-state index contributed by atoms with van der Waals surface area (Å²) in [6.45, 7) is 2.07. The number of nitrogens with zero attached hydrogens (tertiary/aromatic N) is 1. The second-order valence-electron chi connectivity index (χ2n) is 7.32. The van der Waals surface area contributed by atoms with Crippen molar-refractivity contribution in [2.24, 2.45) is 0 Å². The second-order valence-corrected chi connectivity index (χ2v) is 7.81. The molecule has 0 saturated heterocycles. The maximum absolute atomic E-state index is 12.7. The van der Waals surface area contributed by atoms with Gasteiger partial charge in [0.05, 0.1) is 11.0 Å². The highest BCUT2D eigenvalue weighted by molar-refractivity contribution is 7.80. The van der Waals surface area contributed by atoms with Gasteiger partial charge in [0.25, 0.3) is 0 Å². The Morgan fingerprint density at radius 1 is 1.24 bits per heavy atom. The monoisotopic (exact) mass is 348 g/mol. The van der Waals surface area contributed by atoms with Gasteiger partial charge in [-0.25, -0.2) is 0 Å². The van der Waals surface area contributed by atoms with Crippen LogP contribution < -0.4 is 5.32 Å². The van der Waals surface area contributed by atoms with Crippen LogP contribution in [0, 0.1) is 11.3 Å². The number of fused-ring (bicyclic) bond motifs is 2. The first kappa shape index (κ1) is 16.2. The molecule has 0 atom stereocenters. The molecule has 3 aliphatic rings. The highest BCUT2D eigenvalue weighted by Gasteiger charge is 2.47. The van der Waals surface area contributed by atoms with E-state index < -0.39 is 0 Å². The number of allylic oxidation sites excluding steroid dienone is 4. The van der Waals surface area contributed by atoms with E-state index in [1.165, 1.54) is 12.0 Å². The predicted molar refractivity (Wildman–Crippen MR) is 103 cm³/mol. The van der Waals surface area contributed by atoms with E-state index >= 15 is 0 Å². The molecule has 0 radical (unpaired) electrons. The Morgan fingerprint density at radius 3 is 2.72 bits per heavy atom. The smallest absolute Gasteiger partial charge is 0.235 e. The van der Waals surface area contributed by atoms with E-state index in [1.807, 2.05) is 18.2 Å². The van der Waals surface area contributed by atoms with Crippen molar-refractivity contribution in [3.8, 4) is 6.07 Å². The van der Waals surface area contributed by atoms with Gasteiger partial charge >= 0.3 is 0 Å². The van der Waals surface area contributed by atoms with Gasteiger partial charge in [-0.2, -0.15) is 5.26 Å². The molecule has 1 heterocycles. The first-order valence-electron chi connectivity index (χ1n) is 8.86. The van der Waals surface area contributed by atoms with Crippen LogP contribution in [0.4, 0.5) is 5.69 Å². The summed E-state index contributed by atoms with van der Waals surface area (Å²) in [6, 6.07) is 8.43. The van der Waals surface area contributed by atoms with Gasteiger partial charge in [-0.1, -0.05) is 43.1 Å². The van der Waals surface area contributed by atoms with Crippen LogP contribution in [0.5, 0.6) is 0 Å². The van der Waals surface area contributed by atoms with Gasteiger partial charge in [-0.3, -0.25) is 4.79 Å². The number of benzene rings is 1. The average molecular weight is 348 g/mol. The Bertz CT molecular complexity index is 895. The molecule has 4 rings (SSSR count). The lowest BCUT2D eigenvalue weighted by Crippen LogP contribution is -2.36. The fourth-order valence-electron chi connectivity index (χ4n) is 4.44. The van der Waals surface area contributed by atoms with Crippen LogP contribution in [0.25, 0.3) is 5.57 Å². The summed E-state index contributed by atoms with van der Waals surface area (Å²) in [5.74, 6) is 0.156. The van der Waals surface area contributed by atoms with Gasteiger partial charge in [-0.15, -0.1) is 0 Å². The van der Waals surface area contributed by atoms with Gasteiger partial charge in [-0.05, 0) is 54.7 Å². The second kappa shape index (κ2) is 5.93. The topological polar surface area (TPSA) is 52.9 Å². The number of carbonyl (C=O) groups is 1. The van der Waals surface area contributed by atoms with Crippen LogP contribution in [0.15, 0.2) is 35.4 Å². The van der Waals surface area contributed by atoms with Crippen molar-refractivity contribution in [2.75, 3.05) is 5.32 Å². The lowest BCUT2D eigenvalue weighted by atomic mass is 9.70. The molecule has 1 amide bonds. The van der Waals surface area contributed by atoms with Gasteiger partial charge in [0.15, 0.2) is 0 Å². The molecule has 1 aromatic rings. The molecular formula is C21H20N2OS. The third kappa shape index (κ3) is 2.46. The molecule has 3 nitrogen and oxygen atoms in total. The van der Waals surface area contributed by atoms with Crippen molar-refractivity contribution < 1.29 is 4.79 Å². The lowest BCUT2D eigenvalue weighted by molar-refractivity contribution is -0.121. The Hall–Kier alpha value is -2.25. The number of rotatable bonds is 1. The number of thiocarbonyl (C=S) groups is 1. The van der Waals surface area contributed by atoms with E-state index in [9.17, 15) is 10.1 Å². The molecule has 1 spiro atoms. The summed E-state index contributed by atoms with van der Waals surface area (Å²) in [5, 5.41) is 12.4. The summed E-state index contributed by atoms with van der Waals surface area (Å²) >= 11 is 5.32. The summed E-state index contributed by atoms with van der Waals surface area (Å²) in [7, 11) is 0. The number of nitriles is 1. The van der Waals surface area contributed by atoms with Crippen molar-refractivity contribution in [3.05, 3.63) is 46.5 Å². The molecular weight excluding hydrogens is 328 g/mol. The normalized spacial score (nSPS) is 21.7. The predicted octanol–water partition coefficient (Wildman–Crippen LogP) is 4.84. The van der Waals surface area contributed by atoms with Crippen LogP contribution in [-0.2, 0) is 10.2 Å². The van der Waals surface area contributed by atoms with E-state index in [0.29, 0.717) is 16.9 Å². The van der Waals surface area contributed by atoms with E-state index in [1.54, 1.807) is 0 Å². The standard InChI is InChI=1S/C21H20N2OS/c1-13-9-19(25)15(12-22)10-16(13)14-5-6-18-17(11-14)21(20(24)23-18)7-3-2-4-8-21/h5-6,10-11H,2-4,7-9H2,1H3,(H,23,24).